The van der Waals surface area contributed by atoms with Crippen molar-refractivity contribution in [2.24, 2.45) is 0 Å². The standard InChI is InChI=1S/C14H22N2O4S/c1-19-9-8-16(12-4-5-12)21(17,18)14-7-6-13(20-14)10-15-11-2-3-11/h6-7,11-12,15H,2-5,8-10H2,1H3. The average molecular weight is 314 g/mol. The molecule has 0 bridgehead atoms. The predicted molar refractivity (Wildman–Crippen MR) is 77.4 cm³/mol. The fourth-order valence-electron chi connectivity index (χ4n) is 2.28. The van der Waals surface area contributed by atoms with Crippen molar-refractivity contribution in [1.29, 1.82) is 0 Å². The van der Waals surface area contributed by atoms with Crippen LogP contribution in [0.15, 0.2) is 21.6 Å². The van der Waals surface area contributed by atoms with E-state index in [0.717, 1.165) is 12.8 Å². The van der Waals surface area contributed by atoms with E-state index in [1.807, 2.05) is 0 Å². The van der Waals surface area contributed by atoms with Crippen LogP contribution in [0.5, 0.6) is 0 Å². The van der Waals surface area contributed by atoms with Crippen molar-refractivity contribution in [2.45, 2.75) is 49.4 Å². The Hall–Kier alpha value is -0.890. The molecule has 2 saturated carbocycles. The molecule has 0 unspecified atom stereocenters. The maximum absolute atomic E-state index is 12.6. The Bertz CT molecular complexity index is 576. The number of nitrogens with one attached hydrogen (secondary N) is 1. The van der Waals surface area contributed by atoms with Gasteiger partial charge in [-0.05, 0) is 37.8 Å². The van der Waals surface area contributed by atoms with Crippen LogP contribution in [0.1, 0.15) is 31.4 Å². The molecule has 0 amide bonds. The van der Waals surface area contributed by atoms with Gasteiger partial charge in [0.2, 0.25) is 5.09 Å². The number of hydrogen-bond acceptors (Lipinski definition) is 5. The molecule has 0 spiro atoms. The highest BCUT2D eigenvalue weighted by molar-refractivity contribution is 7.89. The van der Waals surface area contributed by atoms with Crippen molar-refractivity contribution in [3.63, 3.8) is 0 Å². The van der Waals surface area contributed by atoms with Gasteiger partial charge in [0.05, 0.1) is 13.2 Å². The van der Waals surface area contributed by atoms with Crippen LogP contribution in [0, 0.1) is 0 Å². The number of methoxy groups -OCH3 is 1. The summed E-state index contributed by atoms with van der Waals surface area (Å²) >= 11 is 0. The van der Waals surface area contributed by atoms with Gasteiger partial charge in [0, 0.05) is 25.7 Å². The molecule has 1 aromatic heterocycles. The first-order valence-electron chi connectivity index (χ1n) is 7.44. The minimum absolute atomic E-state index is 0.0399. The molecule has 0 aromatic carbocycles. The Morgan fingerprint density at radius 1 is 1.33 bits per heavy atom. The van der Waals surface area contributed by atoms with Gasteiger partial charge in [0.25, 0.3) is 10.0 Å². The Balaban J connectivity index is 1.69. The topological polar surface area (TPSA) is 71.8 Å². The molecule has 2 aliphatic rings. The fourth-order valence-corrected chi connectivity index (χ4v) is 3.88. The maximum Gasteiger partial charge on any atom is 0.276 e. The van der Waals surface area contributed by atoms with Crippen LogP contribution in [0.3, 0.4) is 0 Å². The van der Waals surface area contributed by atoms with Gasteiger partial charge in [-0.15, -0.1) is 0 Å². The van der Waals surface area contributed by atoms with E-state index in [9.17, 15) is 8.42 Å². The lowest BCUT2D eigenvalue weighted by atomic mass is 10.4. The van der Waals surface area contributed by atoms with Crippen LogP contribution in [-0.2, 0) is 21.3 Å². The predicted octanol–water partition coefficient (Wildman–Crippen LogP) is 1.33. The molecule has 6 nitrogen and oxygen atoms in total. The lowest BCUT2D eigenvalue weighted by Gasteiger charge is -2.19. The third-order valence-electron chi connectivity index (χ3n) is 3.81. The van der Waals surface area contributed by atoms with Crippen LogP contribution in [0.2, 0.25) is 0 Å². The zero-order valence-electron chi connectivity index (χ0n) is 12.2. The van der Waals surface area contributed by atoms with Gasteiger partial charge in [-0.2, -0.15) is 4.31 Å². The number of furan rings is 1. The molecular weight excluding hydrogens is 292 g/mol. The molecule has 0 saturated heterocycles. The Kier molecular flexibility index (Phi) is 4.35. The summed E-state index contributed by atoms with van der Waals surface area (Å²) in [5.41, 5.74) is 0. The minimum Gasteiger partial charge on any atom is -0.447 e. The van der Waals surface area contributed by atoms with Crippen molar-refractivity contribution in [1.82, 2.24) is 9.62 Å². The van der Waals surface area contributed by atoms with Crippen LogP contribution < -0.4 is 5.32 Å². The van der Waals surface area contributed by atoms with Crippen LogP contribution in [0.25, 0.3) is 0 Å². The van der Waals surface area contributed by atoms with E-state index in [1.165, 1.54) is 17.1 Å². The quantitative estimate of drug-likeness (QED) is 0.744. The second kappa shape index (κ2) is 6.08. The second-order valence-electron chi connectivity index (χ2n) is 5.72. The van der Waals surface area contributed by atoms with Crippen LogP contribution >= 0.6 is 0 Å². The van der Waals surface area contributed by atoms with Crippen molar-refractivity contribution in [3.05, 3.63) is 17.9 Å². The molecule has 1 aromatic rings. The first kappa shape index (κ1) is 15.0. The molecular formula is C14H22N2O4S. The van der Waals surface area contributed by atoms with Crippen LogP contribution in [-0.4, -0.2) is 45.1 Å². The molecule has 21 heavy (non-hydrogen) atoms. The highest BCUT2D eigenvalue weighted by Crippen LogP contribution is 2.32. The van der Waals surface area contributed by atoms with Gasteiger partial charge < -0.3 is 14.5 Å². The number of sulfonamides is 1. The summed E-state index contributed by atoms with van der Waals surface area (Å²) in [6.45, 7) is 1.36. The summed E-state index contributed by atoms with van der Waals surface area (Å²) in [5, 5.41) is 3.35. The van der Waals surface area contributed by atoms with E-state index in [1.54, 1.807) is 19.2 Å². The van der Waals surface area contributed by atoms with Gasteiger partial charge in [0.15, 0.2) is 0 Å². The molecule has 0 aliphatic heterocycles. The fraction of sp³-hybridized carbons (Fsp3) is 0.714. The summed E-state index contributed by atoms with van der Waals surface area (Å²) in [6, 6.07) is 3.97. The van der Waals surface area contributed by atoms with Gasteiger partial charge in [-0.1, -0.05) is 0 Å². The summed E-state index contributed by atoms with van der Waals surface area (Å²) in [4.78, 5) is 0. The summed E-state index contributed by atoms with van der Waals surface area (Å²) in [7, 11) is -1.98. The first-order valence-corrected chi connectivity index (χ1v) is 8.88. The number of rotatable bonds is 9. The number of ether oxygens (including phenoxy) is 1. The van der Waals surface area contributed by atoms with Crippen LogP contribution in [0.4, 0.5) is 0 Å². The second-order valence-corrected chi connectivity index (χ2v) is 7.54. The van der Waals surface area contributed by atoms with Gasteiger partial charge >= 0.3 is 0 Å². The molecule has 1 N–H and O–H groups in total. The van der Waals surface area contributed by atoms with Crippen molar-refractivity contribution in [3.8, 4) is 0 Å². The third-order valence-corrected chi connectivity index (χ3v) is 5.64. The molecule has 2 fully saturated rings. The monoisotopic (exact) mass is 314 g/mol. The largest absolute Gasteiger partial charge is 0.447 e. The normalized spacial score (nSPS) is 19.3. The summed E-state index contributed by atoms with van der Waals surface area (Å²) in [5.74, 6) is 0.669. The molecule has 7 heteroatoms. The highest BCUT2D eigenvalue weighted by atomic mass is 32.2. The van der Waals surface area contributed by atoms with E-state index in [-0.39, 0.29) is 11.1 Å². The molecule has 118 valence electrons. The smallest absolute Gasteiger partial charge is 0.276 e. The summed E-state index contributed by atoms with van der Waals surface area (Å²) < 4.78 is 37.3. The van der Waals surface area contributed by atoms with Crippen molar-refractivity contribution < 1.29 is 17.6 Å². The first-order chi connectivity index (χ1) is 10.1. The van der Waals surface area contributed by atoms with Gasteiger partial charge in [0.1, 0.15) is 5.76 Å². The number of nitrogens with zero attached hydrogens (tertiary/aromatic N) is 1. The van der Waals surface area contributed by atoms with Gasteiger partial charge in [-0.25, -0.2) is 8.42 Å². The molecule has 1 heterocycles. The molecule has 0 atom stereocenters. The Morgan fingerprint density at radius 2 is 2.10 bits per heavy atom. The lowest BCUT2D eigenvalue weighted by molar-refractivity contribution is 0.176. The summed E-state index contributed by atoms with van der Waals surface area (Å²) in [6.07, 6.45) is 4.22. The minimum atomic E-state index is -3.55. The van der Waals surface area contributed by atoms with E-state index >= 15 is 0 Å². The van der Waals surface area contributed by atoms with Crippen molar-refractivity contribution >= 4 is 10.0 Å². The molecule has 2 aliphatic carbocycles. The third kappa shape index (κ3) is 3.66. The van der Waals surface area contributed by atoms with E-state index in [2.05, 4.69) is 5.32 Å². The van der Waals surface area contributed by atoms with Crippen molar-refractivity contribution in [2.75, 3.05) is 20.3 Å². The lowest BCUT2D eigenvalue weighted by Crippen LogP contribution is -2.35. The molecule has 0 radical (unpaired) electrons. The SMILES string of the molecule is COCCN(C1CC1)S(=O)(=O)c1ccc(CNC2CC2)o1. The Morgan fingerprint density at radius 3 is 2.71 bits per heavy atom. The number of hydrogen-bond donors (Lipinski definition) is 1. The van der Waals surface area contributed by atoms with Gasteiger partial charge in [-0.3, -0.25) is 0 Å². The van der Waals surface area contributed by atoms with E-state index < -0.39 is 10.0 Å². The van der Waals surface area contributed by atoms with E-state index in [4.69, 9.17) is 9.15 Å². The zero-order chi connectivity index (χ0) is 14.9. The van der Waals surface area contributed by atoms with E-state index in [0.29, 0.717) is 31.5 Å². The molecule has 3 rings (SSSR count). The average Bonchev–Trinajstić information content (AvgIpc) is 3.37. The zero-order valence-corrected chi connectivity index (χ0v) is 13.1. The maximum atomic E-state index is 12.6. The highest BCUT2D eigenvalue weighted by Gasteiger charge is 2.39. The Labute approximate surface area is 125 Å².